The fourth-order valence-electron chi connectivity index (χ4n) is 3.45. The second kappa shape index (κ2) is 11.5. The molecule has 0 heterocycles. The molecule has 2 N–H and O–H groups in total. The number of carbonyl (C=O) groups is 1. The zero-order chi connectivity index (χ0) is 24.7. The van der Waals surface area contributed by atoms with Crippen LogP contribution in [0.3, 0.4) is 0 Å². The van der Waals surface area contributed by atoms with Gasteiger partial charge >= 0.3 is 0 Å². The minimum absolute atomic E-state index is 0.0314. The maximum absolute atomic E-state index is 13.3. The first-order valence-electron chi connectivity index (χ1n) is 10.6. The van der Waals surface area contributed by atoms with Gasteiger partial charge in [-0.25, -0.2) is 8.42 Å². The van der Waals surface area contributed by atoms with Crippen molar-refractivity contribution in [3.8, 4) is 11.5 Å². The Kier molecular flexibility index (Phi) is 8.71. The number of carbonyl (C=O) groups excluding carboxylic acids is 1. The van der Waals surface area contributed by atoms with Gasteiger partial charge in [0.25, 0.3) is 0 Å². The monoisotopic (exact) mass is 546 g/mol. The highest BCUT2D eigenvalue weighted by Gasteiger charge is 2.28. The largest absolute Gasteiger partial charge is 0.493 e. The van der Waals surface area contributed by atoms with Gasteiger partial charge in [0.1, 0.15) is 6.04 Å². The summed E-state index contributed by atoms with van der Waals surface area (Å²) in [5.41, 5.74) is 1.72. The van der Waals surface area contributed by atoms with Crippen molar-refractivity contribution in [2.75, 3.05) is 14.2 Å². The Morgan fingerprint density at radius 3 is 2.29 bits per heavy atom. The Morgan fingerprint density at radius 2 is 1.65 bits per heavy atom. The SMILES string of the molecule is COc1ccc(S(=O)(=O)NC(Cc2ccccc2)C(=O)NC(C)c2cccc(Br)c2)cc1OC. The first kappa shape index (κ1) is 25.7. The molecular weight excluding hydrogens is 520 g/mol. The van der Waals surface area contributed by atoms with Crippen LogP contribution in [0, 0.1) is 0 Å². The van der Waals surface area contributed by atoms with Crippen LogP contribution in [0.15, 0.2) is 82.2 Å². The van der Waals surface area contributed by atoms with Crippen LogP contribution in [0.2, 0.25) is 0 Å². The van der Waals surface area contributed by atoms with E-state index in [2.05, 4.69) is 26.0 Å². The van der Waals surface area contributed by atoms with Gasteiger partial charge in [-0.2, -0.15) is 4.72 Å². The standard InChI is InChI=1S/C25H27BrN2O5S/c1-17(19-10-7-11-20(26)15-19)27-25(29)22(14-18-8-5-4-6-9-18)28-34(30,31)21-12-13-23(32-2)24(16-21)33-3/h4-13,15-17,22,28H,14H2,1-3H3,(H,27,29). The maximum Gasteiger partial charge on any atom is 0.241 e. The number of hydrogen-bond donors (Lipinski definition) is 2. The topological polar surface area (TPSA) is 93.7 Å². The van der Waals surface area contributed by atoms with E-state index in [9.17, 15) is 13.2 Å². The number of amides is 1. The average Bonchev–Trinajstić information content (AvgIpc) is 2.83. The molecule has 3 rings (SSSR count). The summed E-state index contributed by atoms with van der Waals surface area (Å²) in [7, 11) is -1.15. The molecule has 0 spiro atoms. The van der Waals surface area contributed by atoms with Crippen molar-refractivity contribution in [3.05, 3.63) is 88.4 Å². The summed E-state index contributed by atoms with van der Waals surface area (Å²) >= 11 is 3.43. The molecule has 0 aromatic heterocycles. The lowest BCUT2D eigenvalue weighted by Gasteiger charge is -2.22. The molecule has 0 radical (unpaired) electrons. The normalized spacial score (nSPS) is 13.1. The lowest BCUT2D eigenvalue weighted by molar-refractivity contribution is -0.123. The third-order valence-corrected chi connectivity index (χ3v) is 7.23. The molecule has 1 amide bonds. The summed E-state index contributed by atoms with van der Waals surface area (Å²) in [5, 5.41) is 2.93. The lowest BCUT2D eigenvalue weighted by Crippen LogP contribution is -2.48. The molecule has 7 nitrogen and oxygen atoms in total. The fraction of sp³-hybridized carbons (Fsp3) is 0.240. The van der Waals surface area contributed by atoms with Crippen LogP contribution in [0.4, 0.5) is 0 Å². The number of nitrogens with one attached hydrogen (secondary N) is 2. The van der Waals surface area contributed by atoms with Gasteiger partial charge in [-0.15, -0.1) is 0 Å². The van der Waals surface area contributed by atoms with E-state index in [-0.39, 0.29) is 23.1 Å². The number of benzene rings is 3. The van der Waals surface area contributed by atoms with Gasteiger partial charge in [0.2, 0.25) is 15.9 Å². The number of hydrogen-bond acceptors (Lipinski definition) is 5. The summed E-state index contributed by atoms with van der Waals surface area (Å²) in [4.78, 5) is 13.2. The second-order valence-corrected chi connectivity index (χ2v) is 10.3. The lowest BCUT2D eigenvalue weighted by atomic mass is 10.0. The van der Waals surface area contributed by atoms with Gasteiger partial charge in [0.05, 0.1) is 25.2 Å². The van der Waals surface area contributed by atoms with Crippen LogP contribution in [-0.4, -0.2) is 34.6 Å². The Hall–Kier alpha value is -2.88. The minimum Gasteiger partial charge on any atom is -0.493 e. The molecule has 0 saturated carbocycles. The Balaban J connectivity index is 1.87. The molecule has 0 aliphatic carbocycles. The van der Waals surface area contributed by atoms with Crippen molar-refractivity contribution in [3.63, 3.8) is 0 Å². The molecule has 0 saturated heterocycles. The van der Waals surface area contributed by atoms with Gasteiger partial charge in [-0.05, 0) is 48.7 Å². The van der Waals surface area contributed by atoms with Gasteiger partial charge in [0.15, 0.2) is 11.5 Å². The van der Waals surface area contributed by atoms with E-state index in [0.717, 1.165) is 15.6 Å². The van der Waals surface area contributed by atoms with Crippen molar-refractivity contribution in [2.24, 2.45) is 0 Å². The van der Waals surface area contributed by atoms with Crippen molar-refractivity contribution in [1.29, 1.82) is 0 Å². The minimum atomic E-state index is -4.04. The fourth-order valence-corrected chi connectivity index (χ4v) is 5.08. The van der Waals surface area contributed by atoms with Crippen LogP contribution >= 0.6 is 15.9 Å². The summed E-state index contributed by atoms with van der Waals surface area (Å²) < 4.78 is 40.3. The molecule has 2 unspecified atom stereocenters. The highest BCUT2D eigenvalue weighted by atomic mass is 79.9. The van der Waals surface area contributed by atoms with Gasteiger partial charge in [0, 0.05) is 10.5 Å². The molecule has 0 fully saturated rings. The van der Waals surface area contributed by atoms with Crippen LogP contribution in [0.1, 0.15) is 24.1 Å². The van der Waals surface area contributed by atoms with Gasteiger partial charge in [-0.3, -0.25) is 4.79 Å². The van der Waals surface area contributed by atoms with E-state index < -0.39 is 22.0 Å². The van der Waals surface area contributed by atoms with Gasteiger partial charge < -0.3 is 14.8 Å². The maximum atomic E-state index is 13.3. The molecule has 0 bridgehead atoms. The van der Waals surface area contributed by atoms with E-state index in [1.54, 1.807) is 0 Å². The van der Waals surface area contributed by atoms with Crippen molar-refractivity contribution in [2.45, 2.75) is 30.3 Å². The van der Waals surface area contributed by atoms with Crippen LogP contribution in [-0.2, 0) is 21.2 Å². The number of ether oxygens (including phenoxy) is 2. The molecular formula is C25H27BrN2O5S. The molecule has 180 valence electrons. The number of rotatable bonds is 10. The first-order chi connectivity index (χ1) is 16.2. The first-order valence-corrected chi connectivity index (χ1v) is 12.8. The molecule has 34 heavy (non-hydrogen) atoms. The van der Waals surface area contributed by atoms with Gasteiger partial charge in [-0.1, -0.05) is 58.4 Å². The molecule has 3 aromatic rings. The van der Waals surface area contributed by atoms with Crippen molar-refractivity contribution >= 4 is 31.9 Å². The Labute approximate surface area is 208 Å². The molecule has 9 heteroatoms. The Bertz CT molecular complexity index is 1240. The summed E-state index contributed by atoms with van der Waals surface area (Å²) in [6, 6.07) is 19.8. The summed E-state index contributed by atoms with van der Waals surface area (Å²) in [5.74, 6) is 0.251. The third-order valence-electron chi connectivity index (χ3n) is 5.27. The smallest absolute Gasteiger partial charge is 0.241 e. The zero-order valence-electron chi connectivity index (χ0n) is 19.1. The number of halogens is 1. The van der Waals surface area contributed by atoms with E-state index in [1.165, 1.54) is 32.4 Å². The van der Waals surface area contributed by atoms with E-state index in [4.69, 9.17) is 9.47 Å². The Morgan fingerprint density at radius 1 is 0.941 bits per heavy atom. The summed E-state index contributed by atoms with van der Waals surface area (Å²) in [6.07, 6.45) is 0.185. The third kappa shape index (κ3) is 6.59. The molecule has 0 aliphatic heterocycles. The second-order valence-electron chi connectivity index (χ2n) is 7.67. The molecule has 3 aromatic carbocycles. The van der Waals surface area contributed by atoms with Crippen LogP contribution in [0.25, 0.3) is 0 Å². The van der Waals surface area contributed by atoms with Crippen molar-refractivity contribution in [1.82, 2.24) is 10.0 Å². The van der Waals surface area contributed by atoms with Crippen LogP contribution in [0.5, 0.6) is 11.5 Å². The predicted molar refractivity (Wildman–Crippen MR) is 135 cm³/mol. The number of methoxy groups -OCH3 is 2. The van der Waals surface area contributed by atoms with E-state index in [1.807, 2.05) is 61.5 Å². The average molecular weight is 547 g/mol. The number of sulfonamides is 1. The van der Waals surface area contributed by atoms with E-state index >= 15 is 0 Å². The molecule has 2 atom stereocenters. The quantitative estimate of drug-likeness (QED) is 0.396. The molecule has 0 aliphatic rings. The van der Waals surface area contributed by atoms with Crippen molar-refractivity contribution < 1.29 is 22.7 Å². The van der Waals surface area contributed by atoms with E-state index in [0.29, 0.717) is 5.75 Å². The summed E-state index contributed by atoms with van der Waals surface area (Å²) in [6.45, 7) is 1.85. The highest BCUT2D eigenvalue weighted by molar-refractivity contribution is 9.10. The predicted octanol–water partition coefficient (Wildman–Crippen LogP) is 4.23. The zero-order valence-corrected chi connectivity index (χ0v) is 21.5. The van der Waals surface area contributed by atoms with Crippen LogP contribution < -0.4 is 19.5 Å². The highest BCUT2D eigenvalue weighted by Crippen LogP contribution is 2.29.